The number of benzene rings is 2. The number of hydrogen-bond donors (Lipinski definition) is 1. The van der Waals surface area contributed by atoms with Crippen LogP contribution in [0.25, 0.3) is 0 Å². The predicted molar refractivity (Wildman–Crippen MR) is 117 cm³/mol. The first-order valence-corrected chi connectivity index (χ1v) is 12.0. The van der Waals surface area contributed by atoms with Gasteiger partial charge < -0.3 is 9.64 Å². The summed E-state index contributed by atoms with van der Waals surface area (Å²) in [5.74, 6) is 0.861. The van der Waals surface area contributed by atoms with Crippen LogP contribution in [0.1, 0.15) is 41.5 Å². The quantitative estimate of drug-likeness (QED) is 0.735. The largest absolute Gasteiger partial charge is 0.496 e. The Morgan fingerprint density at radius 1 is 1.07 bits per heavy atom. The molecule has 1 N–H and O–H groups in total. The Morgan fingerprint density at radius 3 is 2.53 bits per heavy atom. The van der Waals surface area contributed by atoms with Crippen LogP contribution in [0.5, 0.6) is 5.75 Å². The van der Waals surface area contributed by atoms with Crippen molar-refractivity contribution in [2.45, 2.75) is 50.3 Å². The van der Waals surface area contributed by atoms with E-state index in [4.69, 9.17) is 4.74 Å². The Labute approximate surface area is 178 Å². The van der Waals surface area contributed by atoms with E-state index in [1.165, 1.54) is 11.1 Å². The number of anilines is 1. The van der Waals surface area contributed by atoms with Gasteiger partial charge in [-0.05, 0) is 79.5 Å². The molecule has 0 radical (unpaired) electrons. The summed E-state index contributed by atoms with van der Waals surface area (Å²) in [5.41, 5.74) is 5.00. The van der Waals surface area contributed by atoms with Gasteiger partial charge >= 0.3 is 0 Å². The van der Waals surface area contributed by atoms with E-state index in [-0.39, 0.29) is 17.3 Å². The van der Waals surface area contributed by atoms with Crippen molar-refractivity contribution >= 4 is 21.6 Å². The van der Waals surface area contributed by atoms with Gasteiger partial charge in [-0.3, -0.25) is 4.79 Å². The number of rotatable bonds is 7. The van der Waals surface area contributed by atoms with Gasteiger partial charge in [0.15, 0.2) is 0 Å². The molecule has 6 nitrogen and oxygen atoms in total. The van der Waals surface area contributed by atoms with E-state index in [1.807, 2.05) is 6.07 Å². The molecule has 4 rings (SSSR count). The zero-order valence-electron chi connectivity index (χ0n) is 17.5. The lowest BCUT2D eigenvalue weighted by atomic mass is 10.0. The molecular weight excluding hydrogens is 400 g/mol. The Kier molecular flexibility index (Phi) is 5.84. The number of aryl methyl sites for hydroxylation is 3. The van der Waals surface area contributed by atoms with E-state index in [0.29, 0.717) is 30.6 Å². The number of methoxy groups -OCH3 is 1. The average Bonchev–Trinajstić information content (AvgIpc) is 3.35. The van der Waals surface area contributed by atoms with Crippen molar-refractivity contribution in [1.82, 2.24) is 4.72 Å². The molecule has 0 bridgehead atoms. The van der Waals surface area contributed by atoms with Crippen LogP contribution >= 0.6 is 0 Å². The highest BCUT2D eigenvalue weighted by atomic mass is 32.2. The van der Waals surface area contributed by atoms with Crippen LogP contribution in [0.15, 0.2) is 35.2 Å². The van der Waals surface area contributed by atoms with Crippen molar-refractivity contribution in [3.05, 3.63) is 52.6 Å². The van der Waals surface area contributed by atoms with Crippen molar-refractivity contribution < 1.29 is 17.9 Å². The van der Waals surface area contributed by atoms with Gasteiger partial charge in [-0.1, -0.05) is 12.1 Å². The number of fused-ring (bicyclic) bond motifs is 1. The summed E-state index contributed by atoms with van der Waals surface area (Å²) < 4.78 is 34.2. The summed E-state index contributed by atoms with van der Waals surface area (Å²) in [5, 5.41) is 0. The molecule has 1 amide bonds. The zero-order chi connectivity index (χ0) is 21.3. The third-order valence-corrected chi connectivity index (χ3v) is 7.63. The van der Waals surface area contributed by atoms with Crippen LogP contribution in [-0.2, 0) is 34.1 Å². The van der Waals surface area contributed by atoms with E-state index >= 15 is 0 Å². The van der Waals surface area contributed by atoms with Crippen LogP contribution < -0.4 is 14.4 Å². The molecule has 0 atom stereocenters. The lowest BCUT2D eigenvalue weighted by molar-refractivity contribution is -0.117. The van der Waals surface area contributed by atoms with E-state index < -0.39 is 10.0 Å². The maximum Gasteiger partial charge on any atom is 0.240 e. The highest BCUT2D eigenvalue weighted by Crippen LogP contribution is 2.30. The first kappa shape index (κ1) is 20.9. The molecule has 0 saturated carbocycles. The second-order valence-electron chi connectivity index (χ2n) is 8.03. The Bertz CT molecular complexity index is 1080. The Balaban J connectivity index is 1.50. The predicted octanol–water partition coefficient (Wildman–Crippen LogP) is 3.14. The number of hydrogen-bond acceptors (Lipinski definition) is 4. The van der Waals surface area contributed by atoms with Crippen LogP contribution in [-0.4, -0.2) is 34.5 Å². The van der Waals surface area contributed by atoms with E-state index in [9.17, 15) is 13.2 Å². The number of nitrogens with one attached hydrogen (secondary N) is 1. The maximum atomic E-state index is 13.0. The number of carbonyl (C=O) groups excluding carboxylic acids is 1. The fourth-order valence-corrected chi connectivity index (χ4v) is 5.70. The van der Waals surface area contributed by atoms with Gasteiger partial charge in [-0.15, -0.1) is 0 Å². The summed E-state index contributed by atoms with van der Waals surface area (Å²) in [4.78, 5) is 13.9. The minimum atomic E-state index is -3.69. The monoisotopic (exact) mass is 428 g/mol. The number of sulfonamides is 1. The molecule has 1 fully saturated rings. The van der Waals surface area contributed by atoms with Crippen LogP contribution in [0.4, 0.5) is 5.69 Å². The molecule has 1 heterocycles. The minimum Gasteiger partial charge on any atom is -0.496 e. The molecule has 7 heteroatoms. The average molecular weight is 429 g/mol. The van der Waals surface area contributed by atoms with Crippen molar-refractivity contribution in [1.29, 1.82) is 0 Å². The van der Waals surface area contributed by atoms with Crippen molar-refractivity contribution in [3.8, 4) is 5.75 Å². The molecule has 30 heavy (non-hydrogen) atoms. The maximum absolute atomic E-state index is 13.0. The number of carbonyl (C=O) groups is 1. The summed E-state index contributed by atoms with van der Waals surface area (Å²) in [6, 6.07) is 9.43. The third-order valence-electron chi connectivity index (χ3n) is 6.03. The van der Waals surface area contributed by atoms with Gasteiger partial charge in [0.05, 0.1) is 12.0 Å². The first-order valence-electron chi connectivity index (χ1n) is 10.5. The third kappa shape index (κ3) is 4.09. The molecule has 1 aliphatic carbocycles. The van der Waals surface area contributed by atoms with Crippen LogP contribution in [0.2, 0.25) is 0 Å². The number of nitrogens with zero attached hydrogens (tertiary/aromatic N) is 1. The van der Waals surface area contributed by atoms with E-state index in [1.54, 1.807) is 31.1 Å². The van der Waals surface area contributed by atoms with Gasteiger partial charge in [0.25, 0.3) is 0 Å². The Hall–Kier alpha value is -2.38. The molecule has 160 valence electrons. The van der Waals surface area contributed by atoms with Crippen LogP contribution in [0.3, 0.4) is 0 Å². The summed E-state index contributed by atoms with van der Waals surface area (Å²) in [6.45, 7) is 2.68. The van der Waals surface area contributed by atoms with Gasteiger partial charge in [0.2, 0.25) is 15.9 Å². The smallest absolute Gasteiger partial charge is 0.240 e. The van der Waals surface area contributed by atoms with Crippen molar-refractivity contribution in [3.63, 3.8) is 0 Å². The molecular formula is C23H28N2O4S. The molecule has 2 aromatic rings. The lowest BCUT2D eigenvalue weighted by Crippen LogP contribution is -2.28. The molecule has 0 aromatic heterocycles. The molecule has 0 unspecified atom stereocenters. The minimum absolute atomic E-state index is 0.0406. The van der Waals surface area contributed by atoms with Crippen molar-refractivity contribution in [2.75, 3.05) is 25.1 Å². The molecule has 2 aliphatic rings. The molecule has 2 aromatic carbocycles. The van der Waals surface area contributed by atoms with Gasteiger partial charge in [-0.25, -0.2) is 13.1 Å². The SMILES string of the molecule is COc1cc2c(cc1CCNS(=O)(=O)c1cc(N3CCCC3=O)ccc1C)CCC2. The fourth-order valence-electron chi connectivity index (χ4n) is 4.40. The van der Waals surface area contributed by atoms with Crippen molar-refractivity contribution in [2.24, 2.45) is 0 Å². The second kappa shape index (κ2) is 8.40. The molecule has 0 spiro atoms. The number of amides is 1. The van der Waals surface area contributed by atoms with E-state index in [0.717, 1.165) is 37.0 Å². The summed E-state index contributed by atoms with van der Waals surface area (Å²) in [6.07, 6.45) is 5.17. The van der Waals surface area contributed by atoms with E-state index in [2.05, 4.69) is 16.9 Å². The number of ether oxygens (including phenoxy) is 1. The zero-order valence-corrected chi connectivity index (χ0v) is 18.3. The van der Waals surface area contributed by atoms with Gasteiger partial charge in [0, 0.05) is 25.2 Å². The first-order chi connectivity index (χ1) is 14.4. The lowest BCUT2D eigenvalue weighted by Gasteiger charge is -2.18. The summed E-state index contributed by atoms with van der Waals surface area (Å²) >= 11 is 0. The van der Waals surface area contributed by atoms with Crippen LogP contribution in [0, 0.1) is 6.92 Å². The normalized spacial score (nSPS) is 16.2. The fraction of sp³-hybridized carbons (Fsp3) is 0.435. The Morgan fingerprint density at radius 2 is 1.83 bits per heavy atom. The van der Waals surface area contributed by atoms with Gasteiger partial charge in [-0.2, -0.15) is 0 Å². The van der Waals surface area contributed by atoms with Gasteiger partial charge in [0.1, 0.15) is 5.75 Å². The second-order valence-corrected chi connectivity index (χ2v) is 9.77. The summed E-state index contributed by atoms with van der Waals surface area (Å²) in [7, 11) is -2.04. The topological polar surface area (TPSA) is 75.7 Å². The highest BCUT2D eigenvalue weighted by molar-refractivity contribution is 7.89. The standard InChI is InChI=1S/C23H28N2O4S/c1-16-8-9-20(25-12-4-7-23(25)26)15-22(16)30(27,28)24-11-10-19-13-17-5-3-6-18(17)14-21(19)29-2/h8-9,13-15,24H,3-7,10-12H2,1-2H3. The molecule has 1 saturated heterocycles. The highest BCUT2D eigenvalue weighted by Gasteiger charge is 2.25. The molecule has 1 aliphatic heterocycles.